The number of fused-ring (bicyclic) bond motifs is 2. The Kier molecular flexibility index (Phi) is 4.55. The first kappa shape index (κ1) is 19.1. The van der Waals surface area contributed by atoms with Crippen molar-refractivity contribution in [2.24, 2.45) is 0 Å². The van der Waals surface area contributed by atoms with Gasteiger partial charge in [-0.25, -0.2) is 0 Å². The van der Waals surface area contributed by atoms with E-state index in [0.717, 1.165) is 45.1 Å². The van der Waals surface area contributed by atoms with E-state index in [4.69, 9.17) is 0 Å². The SMILES string of the molecule is FC(F)(F)c1cccc(Nc2ccnc3ccc(-c4cnc5ccccc5c4)cc23)c1. The second-order valence-corrected chi connectivity index (χ2v) is 7.21. The molecule has 2 aromatic heterocycles. The molecule has 1 N–H and O–H groups in total. The van der Waals surface area contributed by atoms with Gasteiger partial charge in [-0.3, -0.25) is 9.97 Å². The van der Waals surface area contributed by atoms with Gasteiger partial charge in [-0.2, -0.15) is 13.2 Å². The standard InChI is InChI=1S/C25H16F3N3/c26-25(27,28)19-5-3-6-20(14-19)31-24-10-11-29-23-9-8-16(13-21(23)24)18-12-17-4-1-2-7-22(17)30-15-18/h1-15H,(H,29,31). The molecule has 0 saturated heterocycles. The largest absolute Gasteiger partial charge is 0.416 e. The zero-order valence-electron chi connectivity index (χ0n) is 16.2. The van der Waals surface area contributed by atoms with Crippen LogP contribution in [0.1, 0.15) is 5.56 Å². The van der Waals surface area contributed by atoms with Crippen LogP contribution >= 0.6 is 0 Å². The van der Waals surface area contributed by atoms with Gasteiger partial charge in [-0.1, -0.05) is 30.3 Å². The summed E-state index contributed by atoms with van der Waals surface area (Å²) in [6.07, 6.45) is -0.941. The topological polar surface area (TPSA) is 37.8 Å². The van der Waals surface area contributed by atoms with Crippen LogP contribution in [-0.4, -0.2) is 9.97 Å². The van der Waals surface area contributed by atoms with Crippen LogP contribution in [0.25, 0.3) is 32.9 Å². The third kappa shape index (κ3) is 3.80. The number of benzene rings is 3. The number of pyridine rings is 2. The van der Waals surface area contributed by atoms with E-state index >= 15 is 0 Å². The third-order valence-corrected chi connectivity index (χ3v) is 5.13. The zero-order valence-corrected chi connectivity index (χ0v) is 16.2. The molecule has 2 heterocycles. The van der Waals surface area contributed by atoms with E-state index in [0.29, 0.717) is 11.4 Å². The molecule has 0 amide bonds. The maximum absolute atomic E-state index is 13.1. The average Bonchev–Trinajstić information content (AvgIpc) is 2.78. The summed E-state index contributed by atoms with van der Waals surface area (Å²) in [4.78, 5) is 8.91. The molecule has 0 fully saturated rings. The van der Waals surface area contributed by atoms with Crippen molar-refractivity contribution in [3.8, 4) is 11.1 Å². The van der Waals surface area contributed by atoms with E-state index in [1.54, 1.807) is 18.3 Å². The van der Waals surface area contributed by atoms with Crippen LogP contribution in [0.4, 0.5) is 24.5 Å². The molecule has 0 atom stereocenters. The molecule has 3 nitrogen and oxygen atoms in total. The smallest absolute Gasteiger partial charge is 0.355 e. The van der Waals surface area contributed by atoms with Crippen molar-refractivity contribution in [1.29, 1.82) is 0 Å². The van der Waals surface area contributed by atoms with Gasteiger partial charge >= 0.3 is 6.18 Å². The molecule has 0 saturated carbocycles. The minimum absolute atomic E-state index is 0.361. The van der Waals surface area contributed by atoms with Crippen LogP contribution < -0.4 is 5.32 Å². The Morgan fingerprint density at radius 2 is 1.58 bits per heavy atom. The minimum atomic E-state index is -4.39. The molecule has 31 heavy (non-hydrogen) atoms. The van der Waals surface area contributed by atoms with E-state index < -0.39 is 11.7 Å². The van der Waals surface area contributed by atoms with Crippen molar-refractivity contribution in [2.45, 2.75) is 6.18 Å². The van der Waals surface area contributed by atoms with Gasteiger partial charge in [0, 0.05) is 40.1 Å². The molecular weight excluding hydrogens is 399 g/mol. The summed E-state index contributed by atoms with van der Waals surface area (Å²) in [5.74, 6) is 0. The maximum Gasteiger partial charge on any atom is 0.416 e. The van der Waals surface area contributed by atoms with Crippen LogP contribution in [0.5, 0.6) is 0 Å². The van der Waals surface area contributed by atoms with E-state index in [1.165, 1.54) is 6.07 Å². The number of nitrogens with one attached hydrogen (secondary N) is 1. The molecule has 5 aromatic rings. The van der Waals surface area contributed by atoms with Crippen molar-refractivity contribution in [2.75, 3.05) is 5.32 Å². The molecule has 0 aliphatic carbocycles. The number of halogens is 3. The summed E-state index contributed by atoms with van der Waals surface area (Å²) in [7, 11) is 0. The van der Waals surface area contributed by atoms with E-state index in [9.17, 15) is 13.2 Å². The molecule has 5 rings (SSSR count). The van der Waals surface area contributed by atoms with Crippen molar-refractivity contribution in [3.05, 3.63) is 96.8 Å². The Bertz CT molecular complexity index is 1410. The lowest BCUT2D eigenvalue weighted by molar-refractivity contribution is -0.137. The van der Waals surface area contributed by atoms with Gasteiger partial charge in [-0.05, 0) is 54.1 Å². The van der Waals surface area contributed by atoms with Crippen molar-refractivity contribution in [1.82, 2.24) is 9.97 Å². The highest BCUT2D eigenvalue weighted by atomic mass is 19.4. The second kappa shape index (κ2) is 7.40. The molecule has 0 unspecified atom stereocenters. The van der Waals surface area contributed by atoms with Crippen LogP contribution in [0.15, 0.2) is 91.3 Å². The first-order valence-electron chi connectivity index (χ1n) is 9.66. The Morgan fingerprint density at radius 1 is 0.710 bits per heavy atom. The van der Waals surface area contributed by atoms with Crippen LogP contribution in [0.3, 0.4) is 0 Å². The monoisotopic (exact) mass is 415 g/mol. The van der Waals surface area contributed by atoms with E-state index in [1.807, 2.05) is 48.7 Å². The third-order valence-electron chi connectivity index (χ3n) is 5.13. The number of anilines is 2. The molecule has 6 heteroatoms. The normalized spacial score (nSPS) is 11.7. The van der Waals surface area contributed by atoms with Crippen LogP contribution in [0, 0.1) is 0 Å². The number of alkyl halides is 3. The number of para-hydroxylation sites is 1. The lowest BCUT2D eigenvalue weighted by atomic mass is 10.0. The van der Waals surface area contributed by atoms with Crippen molar-refractivity contribution in [3.63, 3.8) is 0 Å². The van der Waals surface area contributed by atoms with Gasteiger partial charge in [0.1, 0.15) is 0 Å². The van der Waals surface area contributed by atoms with E-state index in [2.05, 4.69) is 21.4 Å². The van der Waals surface area contributed by atoms with Crippen molar-refractivity contribution < 1.29 is 13.2 Å². The van der Waals surface area contributed by atoms with Gasteiger partial charge in [0.25, 0.3) is 0 Å². The molecule has 0 radical (unpaired) electrons. The maximum atomic E-state index is 13.1. The predicted molar refractivity (Wildman–Crippen MR) is 117 cm³/mol. The summed E-state index contributed by atoms with van der Waals surface area (Å²) in [6.45, 7) is 0. The zero-order chi connectivity index (χ0) is 21.4. The van der Waals surface area contributed by atoms with Crippen LogP contribution in [0.2, 0.25) is 0 Å². The summed E-state index contributed by atoms with van der Waals surface area (Å²) in [5, 5.41) is 4.96. The fourth-order valence-electron chi connectivity index (χ4n) is 3.59. The quantitative estimate of drug-likeness (QED) is 0.338. The fourth-order valence-corrected chi connectivity index (χ4v) is 3.59. The average molecular weight is 415 g/mol. The molecule has 3 aromatic carbocycles. The molecule has 0 spiro atoms. The van der Waals surface area contributed by atoms with Gasteiger partial charge in [0.15, 0.2) is 0 Å². The lowest BCUT2D eigenvalue weighted by Gasteiger charge is -2.13. The minimum Gasteiger partial charge on any atom is -0.355 e. The molecule has 0 aliphatic rings. The number of rotatable bonds is 3. The number of hydrogen-bond acceptors (Lipinski definition) is 3. The number of nitrogens with zero attached hydrogens (tertiary/aromatic N) is 2. The highest BCUT2D eigenvalue weighted by molar-refractivity contribution is 5.96. The van der Waals surface area contributed by atoms with Gasteiger partial charge in [0.05, 0.1) is 16.6 Å². The Labute approximate surface area is 176 Å². The number of aromatic nitrogens is 2. The number of hydrogen-bond donors (Lipinski definition) is 1. The summed E-state index contributed by atoms with van der Waals surface area (Å²) >= 11 is 0. The van der Waals surface area contributed by atoms with Gasteiger partial charge < -0.3 is 5.32 Å². The summed E-state index contributed by atoms with van der Waals surface area (Å²) < 4.78 is 39.2. The van der Waals surface area contributed by atoms with Gasteiger partial charge in [0.2, 0.25) is 0 Å². The Morgan fingerprint density at radius 3 is 2.45 bits per heavy atom. The van der Waals surface area contributed by atoms with Crippen molar-refractivity contribution >= 4 is 33.2 Å². The Hall–Kier alpha value is -3.93. The molecule has 0 aliphatic heterocycles. The second-order valence-electron chi connectivity index (χ2n) is 7.21. The predicted octanol–water partition coefficient (Wildman–Crippen LogP) is 7.21. The fraction of sp³-hybridized carbons (Fsp3) is 0.0400. The summed E-state index contributed by atoms with van der Waals surface area (Å²) in [5.41, 5.74) is 3.91. The van der Waals surface area contributed by atoms with E-state index in [-0.39, 0.29) is 0 Å². The first-order chi connectivity index (χ1) is 15.0. The highest BCUT2D eigenvalue weighted by Crippen LogP contribution is 2.33. The first-order valence-corrected chi connectivity index (χ1v) is 9.66. The summed E-state index contributed by atoms with van der Waals surface area (Å²) in [6, 6.07) is 22.7. The Balaban J connectivity index is 1.57. The highest BCUT2D eigenvalue weighted by Gasteiger charge is 2.30. The van der Waals surface area contributed by atoms with Crippen LogP contribution in [-0.2, 0) is 6.18 Å². The molecule has 0 bridgehead atoms. The van der Waals surface area contributed by atoms with Gasteiger partial charge in [-0.15, -0.1) is 0 Å². The molecular formula is C25H16F3N3. The lowest BCUT2D eigenvalue weighted by Crippen LogP contribution is -2.05. The molecule has 152 valence electrons.